The average Bonchev–Trinajstić information content (AvgIpc) is 2.67. The van der Waals surface area contributed by atoms with E-state index < -0.39 is 13.8 Å². The molecule has 0 aliphatic rings. The van der Waals surface area contributed by atoms with Crippen LogP contribution < -0.4 is 0 Å². The van der Waals surface area contributed by atoms with E-state index in [0.29, 0.717) is 31.6 Å². The Hall–Kier alpha value is -1.40. The van der Waals surface area contributed by atoms with Gasteiger partial charge in [-0.2, -0.15) is 0 Å². The first-order valence-electron chi connectivity index (χ1n) is 9.81. The van der Waals surface area contributed by atoms with E-state index in [1.807, 2.05) is 13.8 Å². The Morgan fingerprint density at radius 3 is 2.04 bits per heavy atom. The maximum atomic E-state index is 12.7. The molecule has 0 amide bonds. The molecule has 0 spiro atoms. The van der Waals surface area contributed by atoms with Crippen molar-refractivity contribution in [1.82, 2.24) is 0 Å². The van der Waals surface area contributed by atoms with Crippen LogP contribution in [0.4, 0.5) is 0 Å². The van der Waals surface area contributed by atoms with Crippen LogP contribution in [0, 0.1) is 6.92 Å². The normalized spacial score (nSPS) is 11.6. The lowest BCUT2D eigenvalue weighted by atomic mass is 10.0. The molecular weight excluding hydrogens is 383 g/mol. The molecule has 0 heterocycles. The van der Waals surface area contributed by atoms with E-state index in [1.165, 1.54) is 7.11 Å². The minimum absolute atomic E-state index is 0.0787. The fraction of sp³-hybridized carbons (Fsp3) is 0.650. The Labute approximate surface area is 168 Å². The number of benzene rings is 1. The number of carbonyl (C=O) groups is 1. The van der Waals surface area contributed by atoms with Crippen LogP contribution in [-0.2, 0) is 29.3 Å². The zero-order valence-electron chi connectivity index (χ0n) is 17.4. The third-order valence-corrected chi connectivity index (χ3v) is 5.62. The highest BCUT2D eigenvalue weighted by Gasteiger charge is 2.26. The fourth-order valence-electron chi connectivity index (χ4n) is 2.47. The molecule has 1 N–H and O–H groups in total. The zero-order valence-corrected chi connectivity index (χ0v) is 18.3. The molecule has 8 heteroatoms. The van der Waals surface area contributed by atoms with Gasteiger partial charge in [0.2, 0.25) is 0 Å². The molecule has 0 bridgehead atoms. The van der Waals surface area contributed by atoms with Crippen molar-refractivity contribution in [2.45, 2.75) is 59.3 Å². The molecule has 0 unspecified atom stereocenters. The van der Waals surface area contributed by atoms with Crippen LogP contribution >= 0.6 is 7.82 Å². The van der Waals surface area contributed by atoms with Crippen LogP contribution in [-0.4, -0.2) is 38.0 Å². The number of aromatic hydroxyl groups is 1. The lowest BCUT2D eigenvalue weighted by molar-refractivity contribution is 0.0597. The van der Waals surface area contributed by atoms with Gasteiger partial charge in [0.15, 0.2) is 0 Å². The number of methoxy groups -OCH3 is 1. The number of esters is 1. The Balaban J connectivity index is 2.63. The van der Waals surface area contributed by atoms with E-state index in [0.717, 1.165) is 31.2 Å². The first kappa shape index (κ1) is 24.6. The first-order valence-corrected chi connectivity index (χ1v) is 11.3. The average molecular weight is 416 g/mol. The van der Waals surface area contributed by atoms with E-state index in [9.17, 15) is 14.5 Å². The monoisotopic (exact) mass is 416 g/mol. The summed E-state index contributed by atoms with van der Waals surface area (Å²) in [6.07, 6.45) is 4.56. The van der Waals surface area contributed by atoms with Gasteiger partial charge in [-0.05, 0) is 49.8 Å². The summed E-state index contributed by atoms with van der Waals surface area (Å²) in [5, 5.41) is 10.0. The van der Waals surface area contributed by atoms with Crippen molar-refractivity contribution in [3.8, 4) is 5.75 Å². The molecule has 1 aromatic carbocycles. The molecule has 0 saturated heterocycles. The van der Waals surface area contributed by atoms with Gasteiger partial charge < -0.3 is 9.84 Å². The maximum Gasteiger partial charge on any atom is 0.474 e. The van der Waals surface area contributed by atoms with Gasteiger partial charge in [-0.15, -0.1) is 0 Å². The summed E-state index contributed by atoms with van der Waals surface area (Å²) in [6, 6.07) is 3.40. The van der Waals surface area contributed by atoms with Gasteiger partial charge in [-0.25, -0.2) is 9.36 Å². The predicted octanol–water partition coefficient (Wildman–Crippen LogP) is 5.18. The molecule has 1 rings (SSSR count). The summed E-state index contributed by atoms with van der Waals surface area (Å²) in [5.74, 6) is -0.665. The maximum absolute atomic E-state index is 12.7. The topological polar surface area (TPSA) is 91.3 Å². The second-order valence-corrected chi connectivity index (χ2v) is 8.23. The van der Waals surface area contributed by atoms with Crippen molar-refractivity contribution in [1.29, 1.82) is 0 Å². The molecule has 28 heavy (non-hydrogen) atoms. The second-order valence-electron chi connectivity index (χ2n) is 6.56. The number of phosphoric ester groups is 1. The van der Waals surface area contributed by atoms with Gasteiger partial charge >= 0.3 is 13.8 Å². The zero-order chi connectivity index (χ0) is 21.0. The van der Waals surface area contributed by atoms with Crippen molar-refractivity contribution in [2.75, 3.05) is 26.9 Å². The summed E-state index contributed by atoms with van der Waals surface area (Å²) in [4.78, 5) is 11.8. The number of carbonyl (C=O) groups excluding carboxylic acids is 1. The summed E-state index contributed by atoms with van der Waals surface area (Å²) in [6.45, 7) is 6.63. The fourth-order valence-corrected chi connectivity index (χ4v) is 3.75. The molecule has 0 aliphatic carbocycles. The van der Waals surface area contributed by atoms with E-state index in [-0.39, 0.29) is 17.9 Å². The molecule has 0 saturated carbocycles. The van der Waals surface area contributed by atoms with Crippen LogP contribution in [0.1, 0.15) is 67.4 Å². The molecule has 0 aromatic heterocycles. The summed E-state index contributed by atoms with van der Waals surface area (Å²) >= 11 is 0. The number of phenols is 1. The van der Waals surface area contributed by atoms with E-state index in [4.69, 9.17) is 18.3 Å². The molecule has 0 fully saturated rings. The van der Waals surface area contributed by atoms with Gasteiger partial charge in [-0.1, -0.05) is 32.8 Å². The molecule has 0 atom stereocenters. The van der Waals surface area contributed by atoms with Crippen LogP contribution in [0.15, 0.2) is 12.1 Å². The molecule has 0 radical (unpaired) electrons. The number of rotatable bonds is 14. The standard InChI is InChI=1S/C20H33O7P/c1-5-7-11-25-28(23,26-12-8-6-2)27-13-9-10-17-14-16(3)19(21)18(15-17)20(22)24-4/h14-15,21H,5-13H2,1-4H3. The first-order chi connectivity index (χ1) is 13.4. The highest BCUT2D eigenvalue weighted by atomic mass is 31.2. The Kier molecular flexibility index (Phi) is 11.4. The second kappa shape index (κ2) is 12.9. The number of phosphoric acid groups is 1. The van der Waals surface area contributed by atoms with Crippen LogP contribution in [0.2, 0.25) is 0 Å². The Bertz CT molecular complexity index is 646. The number of aryl methyl sites for hydroxylation is 2. The summed E-state index contributed by atoms with van der Waals surface area (Å²) < 4.78 is 33.6. The van der Waals surface area contributed by atoms with Crippen molar-refractivity contribution in [3.05, 3.63) is 28.8 Å². The molecule has 1 aromatic rings. The summed E-state index contributed by atoms with van der Waals surface area (Å²) in [5.41, 5.74) is 1.58. The molecule has 0 aliphatic heterocycles. The van der Waals surface area contributed by atoms with Crippen molar-refractivity contribution in [2.24, 2.45) is 0 Å². The quantitative estimate of drug-likeness (QED) is 0.254. The third-order valence-electron chi connectivity index (χ3n) is 4.12. The molecule has 7 nitrogen and oxygen atoms in total. The van der Waals surface area contributed by atoms with Crippen molar-refractivity contribution in [3.63, 3.8) is 0 Å². The SMILES string of the molecule is CCCCOP(=O)(OCCCC)OCCCc1cc(C)c(O)c(C(=O)OC)c1. The van der Waals surface area contributed by atoms with Gasteiger partial charge in [-0.3, -0.25) is 13.6 Å². The number of hydrogen-bond acceptors (Lipinski definition) is 7. The van der Waals surface area contributed by atoms with E-state index in [2.05, 4.69) is 0 Å². The number of hydrogen-bond donors (Lipinski definition) is 1. The minimum atomic E-state index is -3.56. The number of unbranched alkanes of at least 4 members (excludes halogenated alkanes) is 2. The number of phenolic OH excluding ortho intramolecular Hbond substituents is 1. The summed E-state index contributed by atoms with van der Waals surface area (Å²) in [7, 11) is -2.29. The van der Waals surface area contributed by atoms with Gasteiger partial charge in [0.05, 0.1) is 26.9 Å². The van der Waals surface area contributed by atoms with Crippen molar-refractivity contribution < 1.29 is 32.8 Å². The minimum Gasteiger partial charge on any atom is -0.507 e. The van der Waals surface area contributed by atoms with Gasteiger partial charge in [0, 0.05) is 0 Å². The Morgan fingerprint density at radius 1 is 1.00 bits per heavy atom. The van der Waals surface area contributed by atoms with Crippen molar-refractivity contribution >= 4 is 13.8 Å². The smallest absolute Gasteiger partial charge is 0.474 e. The molecule has 160 valence electrons. The predicted molar refractivity (Wildman–Crippen MR) is 108 cm³/mol. The van der Waals surface area contributed by atoms with Crippen LogP contribution in [0.3, 0.4) is 0 Å². The van der Waals surface area contributed by atoms with E-state index in [1.54, 1.807) is 19.1 Å². The highest BCUT2D eigenvalue weighted by Crippen LogP contribution is 2.49. The highest BCUT2D eigenvalue weighted by molar-refractivity contribution is 7.48. The molecular formula is C20H33O7P. The Morgan fingerprint density at radius 2 is 1.54 bits per heavy atom. The van der Waals surface area contributed by atoms with Gasteiger partial charge in [0.1, 0.15) is 11.3 Å². The van der Waals surface area contributed by atoms with Gasteiger partial charge in [0.25, 0.3) is 0 Å². The lowest BCUT2D eigenvalue weighted by Gasteiger charge is -2.18. The largest absolute Gasteiger partial charge is 0.507 e. The van der Waals surface area contributed by atoms with E-state index >= 15 is 0 Å². The number of ether oxygens (including phenoxy) is 1. The van der Waals surface area contributed by atoms with Crippen LogP contribution in [0.25, 0.3) is 0 Å². The lowest BCUT2D eigenvalue weighted by Crippen LogP contribution is -2.06. The van der Waals surface area contributed by atoms with Crippen LogP contribution in [0.5, 0.6) is 5.75 Å². The third kappa shape index (κ3) is 8.31.